The van der Waals surface area contributed by atoms with Crippen molar-refractivity contribution in [3.05, 3.63) is 154 Å². The molecule has 0 saturated carbocycles. The van der Waals surface area contributed by atoms with Gasteiger partial charge in [-0.05, 0) is 23.3 Å². The van der Waals surface area contributed by atoms with Crippen LogP contribution in [-0.4, -0.2) is 15.5 Å². The second-order valence-corrected chi connectivity index (χ2v) is 8.25. The molecule has 0 amide bonds. The van der Waals surface area contributed by atoms with Gasteiger partial charge in [-0.1, -0.05) is 109 Å². The quantitative estimate of drug-likeness (QED) is 0.317. The smallest absolute Gasteiger partial charge is 0.262 e. The van der Waals surface area contributed by atoms with E-state index < -0.39 is 0 Å². The Morgan fingerprint density at radius 3 is 1.80 bits per heavy atom. The van der Waals surface area contributed by atoms with Crippen LogP contribution in [-0.2, 0) is 6.42 Å². The Morgan fingerprint density at radius 1 is 0.686 bits per heavy atom. The Bertz CT molecular complexity index is 1530. The van der Waals surface area contributed by atoms with Crippen LogP contribution in [0.25, 0.3) is 16.9 Å². The summed E-state index contributed by atoms with van der Waals surface area (Å²) in [5.74, 6) is -0.625. The maximum atomic E-state index is 14.0. The van der Waals surface area contributed by atoms with Crippen molar-refractivity contribution >= 4 is 5.78 Å². The molecule has 4 heteroatoms. The molecule has 35 heavy (non-hydrogen) atoms. The Morgan fingerprint density at radius 2 is 1.20 bits per heavy atom. The van der Waals surface area contributed by atoms with E-state index in [1.807, 2.05) is 97.1 Å². The molecule has 0 saturated heterocycles. The Kier molecular flexibility index (Phi) is 6.10. The number of hydrogen-bond donors (Lipinski definition) is 1. The molecule has 4 nitrogen and oxygen atoms in total. The van der Waals surface area contributed by atoms with Crippen LogP contribution in [0.2, 0.25) is 0 Å². The minimum atomic E-state index is -0.360. The first kappa shape index (κ1) is 22.1. The molecule has 5 rings (SSSR count). The van der Waals surface area contributed by atoms with E-state index in [4.69, 9.17) is 0 Å². The van der Waals surface area contributed by atoms with Crippen LogP contribution < -0.4 is 5.56 Å². The fraction of sp³-hybridized carbons (Fsp3) is 0.0323. The molecule has 0 atom stereocenters. The summed E-state index contributed by atoms with van der Waals surface area (Å²) in [6.45, 7) is 0. The summed E-state index contributed by atoms with van der Waals surface area (Å²) in [5.41, 5.74) is 2.87. The lowest BCUT2D eigenvalue weighted by molar-refractivity contribution is 0.103. The van der Waals surface area contributed by atoms with Crippen LogP contribution >= 0.6 is 0 Å². The number of aromatic nitrogens is 1. The van der Waals surface area contributed by atoms with Crippen molar-refractivity contribution in [3.63, 3.8) is 0 Å². The van der Waals surface area contributed by atoms with E-state index in [1.54, 1.807) is 28.8 Å². The lowest BCUT2D eigenvalue weighted by atomic mass is 9.93. The fourth-order valence-electron chi connectivity index (χ4n) is 4.31. The molecule has 0 aliphatic carbocycles. The summed E-state index contributed by atoms with van der Waals surface area (Å²) >= 11 is 0. The first-order valence-corrected chi connectivity index (χ1v) is 11.4. The van der Waals surface area contributed by atoms with Gasteiger partial charge in [0.15, 0.2) is 5.78 Å². The highest BCUT2D eigenvalue weighted by molar-refractivity contribution is 6.14. The van der Waals surface area contributed by atoms with Gasteiger partial charge < -0.3 is 5.11 Å². The molecule has 4 aromatic carbocycles. The largest absolute Gasteiger partial charge is 0.507 e. The zero-order valence-corrected chi connectivity index (χ0v) is 19.0. The van der Waals surface area contributed by atoms with Gasteiger partial charge in [-0.2, -0.15) is 0 Å². The Balaban J connectivity index is 1.89. The molecular formula is C31H23NO3. The van der Waals surface area contributed by atoms with E-state index in [0.29, 0.717) is 22.5 Å². The molecule has 5 aromatic rings. The Labute approximate surface area is 203 Å². The molecule has 1 aromatic heterocycles. The number of rotatable bonds is 6. The summed E-state index contributed by atoms with van der Waals surface area (Å²) in [5, 5.41) is 11.5. The SMILES string of the molecule is O=C(c1ccccc1)c1c(O)c(Cc2ccccc2)c(=O)n(-c2ccccc2)c1-c1ccccc1. The highest BCUT2D eigenvalue weighted by Crippen LogP contribution is 2.35. The lowest BCUT2D eigenvalue weighted by Gasteiger charge is -2.21. The molecule has 170 valence electrons. The van der Waals surface area contributed by atoms with Gasteiger partial charge in [-0.15, -0.1) is 0 Å². The molecular weight excluding hydrogens is 434 g/mol. The standard InChI is InChI=1S/C31H23NO3/c33-29(24-17-9-3-10-18-24)27-28(23-15-7-2-8-16-23)32(25-19-11-4-12-20-25)31(35)26(30(27)34)21-22-13-5-1-6-14-22/h1-20,34H,21H2. The highest BCUT2D eigenvalue weighted by Gasteiger charge is 2.28. The van der Waals surface area contributed by atoms with Crippen molar-refractivity contribution in [2.24, 2.45) is 0 Å². The zero-order valence-electron chi connectivity index (χ0n) is 19.0. The van der Waals surface area contributed by atoms with E-state index in [-0.39, 0.29) is 34.6 Å². The molecule has 1 N–H and O–H groups in total. The third kappa shape index (κ3) is 4.30. The first-order valence-electron chi connectivity index (χ1n) is 11.4. The van der Waals surface area contributed by atoms with Gasteiger partial charge in [-0.3, -0.25) is 14.2 Å². The zero-order chi connectivity index (χ0) is 24.2. The average Bonchev–Trinajstić information content (AvgIpc) is 2.92. The molecule has 1 heterocycles. The van der Waals surface area contributed by atoms with E-state index in [2.05, 4.69) is 0 Å². The minimum absolute atomic E-state index is 0.108. The van der Waals surface area contributed by atoms with Crippen LogP contribution in [0.15, 0.2) is 126 Å². The normalized spacial score (nSPS) is 10.7. The number of pyridine rings is 1. The fourth-order valence-corrected chi connectivity index (χ4v) is 4.31. The van der Waals surface area contributed by atoms with Gasteiger partial charge in [0.1, 0.15) is 5.75 Å². The second-order valence-electron chi connectivity index (χ2n) is 8.25. The van der Waals surface area contributed by atoms with Gasteiger partial charge in [0.2, 0.25) is 0 Å². The number of nitrogens with zero attached hydrogens (tertiary/aromatic N) is 1. The van der Waals surface area contributed by atoms with E-state index in [0.717, 1.165) is 5.56 Å². The second kappa shape index (κ2) is 9.65. The summed E-state index contributed by atoms with van der Waals surface area (Å²) in [7, 11) is 0. The van der Waals surface area contributed by atoms with Crippen molar-refractivity contribution in [1.82, 2.24) is 4.57 Å². The number of carbonyl (C=O) groups is 1. The van der Waals surface area contributed by atoms with E-state index in [1.165, 1.54) is 0 Å². The number of hydrogen-bond acceptors (Lipinski definition) is 3. The lowest BCUT2D eigenvalue weighted by Crippen LogP contribution is -2.27. The highest BCUT2D eigenvalue weighted by atomic mass is 16.3. The van der Waals surface area contributed by atoms with Gasteiger partial charge in [0, 0.05) is 17.7 Å². The monoisotopic (exact) mass is 457 g/mol. The Hall–Kier alpha value is -4.70. The number of para-hydroxylation sites is 1. The number of benzene rings is 4. The molecule has 0 aliphatic heterocycles. The van der Waals surface area contributed by atoms with E-state index >= 15 is 0 Å². The molecule has 0 spiro atoms. The molecule has 0 fully saturated rings. The van der Waals surface area contributed by atoms with Gasteiger partial charge in [-0.25, -0.2) is 0 Å². The van der Waals surface area contributed by atoms with Crippen molar-refractivity contribution in [3.8, 4) is 22.7 Å². The summed E-state index contributed by atoms with van der Waals surface area (Å²) in [6, 6.07) is 36.8. The van der Waals surface area contributed by atoms with Crippen LogP contribution in [0.1, 0.15) is 27.0 Å². The van der Waals surface area contributed by atoms with Crippen molar-refractivity contribution in [1.29, 1.82) is 0 Å². The molecule has 0 aliphatic rings. The number of carbonyl (C=O) groups excluding carboxylic acids is 1. The average molecular weight is 458 g/mol. The number of ketones is 1. The van der Waals surface area contributed by atoms with Crippen LogP contribution in [0.5, 0.6) is 5.75 Å². The molecule has 0 bridgehead atoms. The first-order chi connectivity index (χ1) is 17.1. The third-order valence-corrected chi connectivity index (χ3v) is 5.99. The van der Waals surface area contributed by atoms with Crippen LogP contribution in [0.4, 0.5) is 0 Å². The predicted molar refractivity (Wildman–Crippen MR) is 138 cm³/mol. The minimum Gasteiger partial charge on any atom is -0.507 e. The number of aromatic hydroxyl groups is 1. The van der Waals surface area contributed by atoms with Gasteiger partial charge in [0.05, 0.1) is 16.8 Å². The summed E-state index contributed by atoms with van der Waals surface area (Å²) < 4.78 is 1.55. The topological polar surface area (TPSA) is 59.3 Å². The summed E-state index contributed by atoms with van der Waals surface area (Å²) in [6.07, 6.45) is 0.197. The van der Waals surface area contributed by atoms with Crippen LogP contribution in [0.3, 0.4) is 0 Å². The summed E-state index contributed by atoms with van der Waals surface area (Å²) in [4.78, 5) is 27.9. The molecule has 0 radical (unpaired) electrons. The van der Waals surface area contributed by atoms with Crippen LogP contribution in [0, 0.1) is 0 Å². The van der Waals surface area contributed by atoms with Gasteiger partial charge in [0.25, 0.3) is 5.56 Å². The van der Waals surface area contributed by atoms with Crippen molar-refractivity contribution in [2.45, 2.75) is 6.42 Å². The van der Waals surface area contributed by atoms with Crippen molar-refractivity contribution in [2.75, 3.05) is 0 Å². The van der Waals surface area contributed by atoms with E-state index in [9.17, 15) is 14.7 Å². The maximum Gasteiger partial charge on any atom is 0.262 e. The van der Waals surface area contributed by atoms with Gasteiger partial charge >= 0.3 is 0 Å². The third-order valence-electron chi connectivity index (χ3n) is 5.99. The van der Waals surface area contributed by atoms with Crippen molar-refractivity contribution < 1.29 is 9.90 Å². The molecule has 0 unspecified atom stereocenters. The maximum absolute atomic E-state index is 14.0. The predicted octanol–water partition coefficient (Wildman–Crippen LogP) is 6.03.